The van der Waals surface area contributed by atoms with Crippen LogP contribution in [0.15, 0.2) is 60.7 Å². The first-order valence-electron chi connectivity index (χ1n) is 7.70. The van der Waals surface area contributed by atoms with Crippen LogP contribution in [0.3, 0.4) is 0 Å². The number of benzene rings is 2. The molecule has 0 unspecified atom stereocenters. The van der Waals surface area contributed by atoms with Crippen molar-refractivity contribution in [1.82, 2.24) is 5.32 Å². The van der Waals surface area contributed by atoms with Gasteiger partial charge < -0.3 is 5.32 Å². The molecule has 0 bridgehead atoms. The van der Waals surface area contributed by atoms with E-state index in [4.69, 9.17) is 0 Å². The van der Waals surface area contributed by atoms with Crippen molar-refractivity contribution in [2.75, 3.05) is 13.1 Å². The van der Waals surface area contributed by atoms with Gasteiger partial charge in [-0.15, -0.1) is 0 Å². The zero-order valence-corrected chi connectivity index (χ0v) is 13.3. The molecule has 0 aromatic heterocycles. The molecule has 1 nitrogen and oxygen atoms in total. The van der Waals surface area contributed by atoms with E-state index in [1.54, 1.807) is 0 Å². The second-order valence-corrected chi connectivity index (χ2v) is 5.88. The molecule has 0 heterocycles. The fraction of sp³-hybridized carbons (Fsp3) is 0.300. The molecule has 2 aromatic carbocycles. The minimum Gasteiger partial charge on any atom is -0.313 e. The first-order chi connectivity index (χ1) is 10.2. The molecule has 0 saturated carbocycles. The van der Waals surface area contributed by atoms with Gasteiger partial charge in [-0.1, -0.05) is 74.5 Å². The van der Waals surface area contributed by atoms with Gasteiger partial charge in [0.2, 0.25) is 0 Å². The maximum atomic E-state index is 3.45. The molecule has 0 amide bonds. The van der Waals surface area contributed by atoms with Crippen LogP contribution in [0.5, 0.6) is 0 Å². The Morgan fingerprint density at radius 2 is 1.57 bits per heavy atom. The van der Waals surface area contributed by atoms with Crippen molar-refractivity contribution in [2.45, 2.75) is 20.8 Å². The van der Waals surface area contributed by atoms with Crippen LogP contribution >= 0.6 is 0 Å². The van der Waals surface area contributed by atoms with Gasteiger partial charge in [-0.05, 0) is 41.6 Å². The summed E-state index contributed by atoms with van der Waals surface area (Å²) in [6.07, 6.45) is 2.26. The van der Waals surface area contributed by atoms with Crippen LogP contribution < -0.4 is 5.32 Å². The van der Waals surface area contributed by atoms with Gasteiger partial charge in [0.05, 0.1) is 0 Å². The summed E-state index contributed by atoms with van der Waals surface area (Å²) in [7, 11) is 0. The highest BCUT2D eigenvalue weighted by Crippen LogP contribution is 2.21. The van der Waals surface area contributed by atoms with E-state index in [1.165, 1.54) is 22.3 Å². The fourth-order valence-corrected chi connectivity index (χ4v) is 2.27. The molecule has 0 radical (unpaired) electrons. The van der Waals surface area contributed by atoms with Crippen LogP contribution in [-0.2, 0) is 0 Å². The Bertz CT molecular complexity index is 565. The van der Waals surface area contributed by atoms with E-state index in [1.807, 2.05) is 0 Å². The summed E-state index contributed by atoms with van der Waals surface area (Å²) >= 11 is 0. The molecule has 110 valence electrons. The standard InChI is InChI=1S/C20H25N/c1-16(2)15-21-14-13-17(3)18-9-11-20(12-10-18)19-7-5-4-6-8-19/h4-13,16,21H,14-15H2,1-3H3. The van der Waals surface area contributed by atoms with E-state index in [0.29, 0.717) is 5.92 Å². The molecule has 0 aliphatic carbocycles. The van der Waals surface area contributed by atoms with Gasteiger partial charge in [0.15, 0.2) is 0 Å². The van der Waals surface area contributed by atoms with Gasteiger partial charge in [-0.25, -0.2) is 0 Å². The van der Waals surface area contributed by atoms with Crippen molar-refractivity contribution in [3.05, 3.63) is 66.2 Å². The first-order valence-corrected chi connectivity index (χ1v) is 7.70. The van der Waals surface area contributed by atoms with E-state index >= 15 is 0 Å². The van der Waals surface area contributed by atoms with Gasteiger partial charge in [0.1, 0.15) is 0 Å². The van der Waals surface area contributed by atoms with Crippen molar-refractivity contribution >= 4 is 5.57 Å². The highest BCUT2D eigenvalue weighted by atomic mass is 14.8. The fourth-order valence-electron chi connectivity index (χ4n) is 2.27. The van der Waals surface area contributed by atoms with Gasteiger partial charge in [0, 0.05) is 6.54 Å². The zero-order chi connectivity index (χ0) is 15.1. The molecular weight excluding hydrogens is 254 g/mol. The summed E-state index contributed by atoms with van der Waals surface area (Å²) < 4.78 is 0. The van der Waals surface area contributed by atoms with Crippen molar-refractivity contribution < 1.29 is 0 Å². The Hall–Kier alpha value is -1.86. The lowest BCUT2D eigenvalue weighted by Gasteiger charge is -2.07. The van der Waals surface area contributed by atoms with E-state index in [-0.39, 0.29) is 0 Å². The summed E-state index contributed by atoms with van der Waals surface area (Å²) in [5.74, 6) is 0.698. The van der Waals surface area contributed by atoms with Crippen LogP contribution in [0.1, 0.15) is 26.3 Å². The molecule has 0 spiro atoms. The summed E-state index contributed by atoms with van der Waals surface area (Å²) in [5, 5.41) is 3.45. The van der Waals surface area contributed by atoms with Crippen molar-refractivity contribution in [1.29, 1.82) is 0 Å². The molecule has 2 aromatic rings. The highest BCUT2D eigenvalue weighted by Gasteiger charge is 1.99. The van der Waals surface area contributed by atoms with E-state index < -0.39 is 0 Å². The molecule has 0 aliphatic rings. The Balaban J connectivity index is 2.00. The third-order valence-corrected chi connectivity index (χ3v) is 3.55. The van der Waals surface area contributed by atoms with Crippen molar-refractivity contribution in [2.24, 2.45) is 5.92 Å². The second kappa shape index (κ2) is 7.80. The summed E-state index contributed by atoms with van der Waals surface area (Å²) in [6, 6.07) is 19.3. The van der Waals surface area contributed by atoms with Crippen molar-refractivity contribution in [3.63, 3.8) is 0 Å². The second-order valence-electron chi connectivity index (χ2n) is 5.88. The van der Waals surface area contributed by atoms with Gasteiger partial charge in [-0.2, -0.15) is 0 Å². The number of rotatable bonds is 6. The quantitative estimate of drug-likeness (QED) is 0.733. The average molecular weight is 279 g/mol. The van der Waals surface area contributed by atoms with Gasteiger partial charge >= 0.3 is 0 Å². The highest BCUT2D eigenvalue weighted by molar-refractivity contribution is 5.69. The molecule has 0 fully saturated rings. The molecular formula is C20H25N. The first kappa shape index (κ1) is 15.5. The van der Waals surface area contributed by atoms with Crippen LogP contribution in [0.4, 0.5) is 0 Å². The van der Waals surface area contributed by atoms with E-state index in [9.17, 15) is 0 Å². The Kier molecular flexibility index (Phi) is 5.77. The van der Waals surface area contributed by atoms with Gasteiger partial charge in [-0.3, -0.25) is 0 Å². The molecule has 0 aliphatic heterocycles. The monoisotopic (exact) mass is 279 g/mol. The van der Waals surface area contributed by atoms with Crippen LogP contribution in [-0.4, -0.2) is 13.1 Å². The summed E-state index contributed by atoms with van der Waals surface area (Å²) in [6.45, 7) is 8.63. The van der Waals surface area contributed by atoms with Crippen LogP contribution in [0.25, 0.3) is 16.7 Å². The maximum Gasteiger partial charge on any atom is 0.0140 e. The zero-order valence-electron chi connectivity index (χ0n) is 13.3. The maximum absolute atomic E-state index is 3.45. The Morgan fingerprint density at radius 1 is 0.952 bits per heavy atom. The van der Waals surface area contributed by atoms with Crippen LogP contribution in [0.2, 0.25) is 0 Å². The molecule has 1 heteroatoms. The lowest BCUT2D eigenvalue weighted by molar-refractivity contribution is 0.577. The Morgan fingerprint density at radius 3 is 2.19 bits per heavy atom. The lowest BCUT2D eigenvalue weighted by Crippen LogP contribution is -2.19. The van der Waals surface area contributed by atoms with E-state index in [2.05, 4.69) is 86.8 Å². The van der Waals surface area contributed by atoms with Crippen LogP contribution in [0, 0.1) is 5.92 Å². The number of allylic oxidation sites excluding steroid dienone is 1. The molecule has 1 N–H and O–H groups in total. The predicted molar refractivity (Wildman–Crippen MR) is 93.2 cm³/mol. The predicted octanol–water partition coefficient (Wildman–Crippen LogP) is 5.00. The average Bonchev–Trinajstić information content (AvgIpc) is 2.52. The van der Waals surface area contributed by atoms with Gasteiger partial charge in [0.25, 0.3) is 0 Å². The number of hydrogen-bond acceptors (Lipinski definition) is 1. The Labute approximate surface area is 128 Å². The smallest absolute Gasteiger partial charge is 0.0140 e. The van der Waals surface area contributed by atoms with E-state index in [0.717, 1.165) is 13.1 Å². The van der Waals surface area contributed by atoms with Crippen molar-refractivity contribution in [3.8, 4) is 11.1 Å². The molecule has 0 atom stereocenters. The number of nitrogens with one attached hydrogen (secondary N) is 1. The summed E-state index contributed by atoms with van der Waals surface area (Å²) in [4.78, 5) is 0. The topological polar surface area (TPSA) is 12.0 Å². The molecule has 0 saturated heterocycles. The third-order valence-electron chi connectivity index (χ3n) is 3.55. The minimum absolute atomic E-state index is 0.698. The number of hydrogen-bond donors (Lipinski definition) is 1. The lowest BCUT2D eigenvalue weighted by atomic mass is 10.0. The third kappa shape index (κ3) is 4.87. The normalized spacial score (nSPS) is 11.9. The SMILES string of the molecule is CC(=CCNCC(C)C)c1ccc(-c2ccccc2)cc1. The largest absolute Gasteiger partial charge is 0.313 e. The minimum atomic E-state index is 0.698. The summed E-state index contributed by atoms with van der Waals surface area (Å²) in [5.41, 5.74) is 5.15. The molecule has 21 heavy (non-hydrogen) atoms. The molecule has 2 rings (SSSR count).